The van der Waals surface area contributed by atoms with E-state index in [9.17, 15) is 0 Å². The molecule has 0 spiro atoms. The van der Waals surface area contributed by atoms with Crippen LogP contribution < -0.4 is 5.73 Å². The molecule has 2 aromatic rings. The largest absolute Gasteiger partial charge is 0.472 e. The number of nitrogens with zero attached hydrogens (tertiary/aromatic N) is 2. The second-order valence-electron chi connectivity index (χ2n) is 4.22. The molecular formula is C12H15N3O. The van der Waals surface area contributed by atoms with Gasteiger partial charge >= 0.3 is 0 Å². The summed E-state index contributed by atoms with van der Waals surface area (Å²) in [5.74, 6) is 1.68. The van der Waals surface area contributed by atoms with Crippen LogP contribution in [0.5, 0.6) is 0 Å². The van der Waals surface area contributed by atoms with E-state index in [2.05, 4.69) is 23.8 Å². The van der Waals surface area contributed by atoms with E-state index in [0.717, 1.165) is 17.7 Å². The Kier molecular flexibility index (Phi) is 2.90. The van der Waals surface area contributed by atoms with Gasteiger partial charge in [0.05, 0.1) is 11.8 Å². The third-order valence-corrected chi connectivity index (χ3v) is 2.20. The molecule has 0 saturated carbocycles. The molecule has 16 heavy (non-hydrogen) atoms. The monoisotopic (exact) mass is 217 g/mol. The molecule has 2 heterocycles. The lowest BCUT2D eigenvalue weighted by Gasteiger charge is -2.06. The lowest BCUT2D eigenvalue weighted by atomic mass is 10.1. The van der Waals surface area contributed by atoms with Crippen LogP contribution in [0.25, 0.3) is 11.4 Å². The predicted octanol–water partition coefficient (Wildman–Crippen LogP) is 2.52. The summed E-state index contributed by atoms with van der Waals surface area (Å²) in [5.41, 5.74) is 7.59. The summed E-state index contributed by atoms with van der Waals surface area (Å²) in [7, 11) is 0. The molecule has 84 valence electrons. The Hall–Kier alpha value is -1.84. The Morgan fingerprint density at radius 2 is 2.19 bits per heavy atom. The average Bonchev–Trinajstić information content (AvgIpc) is 2.67. The Morgan fingerprint density at radius 3 is 2.81 bits per heavy atom. The molecule has 4 heteroatoms. The van der Waals surface area contributed by atoms with Crippen molar-refractivity contribution in [1.29, 1.82) is 0 Å². The fourth-order valence-corrected chi connectivity index (χ4v) is 1.56. The van der Waals surface area contributed by atoms with E-state index in [1.165, 1.54) is 0 Å². The van der Waals surface area contributed by atoms with Gasteiger partial charge < -0.3 is 10.2 Å². The van der Waals surface area contributed by atoms with Crippen LogP contribution in [0, 0.1) is 5.92 Å². The molecule has 0 radical (unpaired) electrons. The quantitative estimate of drug-likeness (QED) is 0.857. The summed E-state index contributed by atoms with van der Waals surface area (Å²) in [5, 5.41) is 0. The number of aromatic nitrogens is 2. The van der Waals surface area contributed by atoms with Crippen molar-refractivity contribution in [3.63, 3.8) is 0 Å². The van der Waals surface area contributed by atoms with E-state index in [1.807, 2.05) is 12.1 Å². The Bertz CT molecular complexity index is 463. The molecule has 2 rings (SSSR count). The van der Waals surface area contributed by atoms with E-state index in [1.54, 1.807) is 12.5 Å². The first-order valence-corrected chi connectivity index (χ1v) is 5.31. The maximum absolute atomic E-state index is 5.76. The van der Waals surface area contributed by atoms with Gasteiger partial charge in [-0.2, -0.15) is 0 Å². The molecule has 0 aromatic carbocycles. The number of anilines is 1. The van der Waals surface area contributed by atoms with Crippen LogP contribution >= 0.6 is 0 Å². The first-order valence-electron chi connectivity index (χ1n) is 5.31. The van der Waals surface area contributed by atoms with Gasteiger partial charge in [-0.15, -0.1) is 0 Å². The molecule has 0 aliphatic carbocycles. The summed E-state index contributed by atoms with van der Waals surface area (Å²) in [6.45, 7) is 4.30. The summed E-state index contributed by atoms with van der Waals surface area (Å²) < 4.78 is 5.01. The molecule has 0 atom stereocenters. The number of nitrogen functional groups attached to an aromatic ring is 1. The van der Waals surface area contributed by atoms with E-state index in [0.29, 0.717) is 17.6 Å². The van der Waals surface area contributed by atoms with Crippen molar-refractivity contribution in [1.82, 2.24) is 9.97 Å². The summed E-state index contributed by atoms with van der Waals surface area (Å²) in [6, 6.07) is 3.65. The Balaban J connectivity index is 2.36. The van der Waals surface area contributed by atoms with Crippen molar-refractivity contribution < 1.29 is 4.42 Å². The van der Waals surface area contributed by atoms with Gasteiger partial charge in [0.1, 0.15) is 12.1 Å². The zero-order valence-electron chi connectivity index (χ0n) is 9.47. The van der Waals surface area contributed by atoms with Crippen molar-refractivity contribution in [2.45, 2.75) is 20.3 Å². The lowest BCUT2D eigenvalue weighted by molar-refractivity contribution is 0.568. The molecule has 0 aliphatic heterocycles. The van der Waals surface area contributed by atoms with Crippen LogP contribution in [-0.2, 0) is 6.42 Å². The van der Waals surface area contributed by atoms with E-state index in [4.69, 9.17) is 10.2 Å². The first kappa shape index (κ1) is 10.7. The highest BCUT2D eigenvalue weighted by atomic mass is 16.3. The summed E-state index contributed by atoms with van der Waals surface area (Å²) >= 11 is 0. The molecular weight excluding hydrogens is 202 g/mol. The van der Waals surface area contributed by atoms with Crippen LogP contribution in [0.3, 0.4) is 0 Å². The van der Waals surface area contributed by atoms with E-state index in [-0.39, 0.29) is 0 Å². The highest BCUT2D eigenvalue weighted by Crippen LogP contribution is 2.18. The average molecular weight is 217 g/mol. The SMILES string of the molecule is CC(C)Cc1cc(N)nc(-c2ccoc2)n1. The highest BCUT2D eigenvalue weighted by molar-refractivity contribution is 5.55. The van der Waals surface area contributed by atoms with Crippen LogP contribution in [0.1, 0.15) is 19.5 Å². The maximum atomic E-state index is 5.76. The van der Waals surface area contributed by atoms with E-state index < -0.39 is 0 Å². The molecule has 0 saturated heterocycles. The van der Waals surface area contributed by atoms with Crippen molar-refractivity contribution in [2.24, 2.45) is 5.92 Å². The fourth-order valence-electron chi connectivity index (χ4n) is 1.56. The van der Waals surface area contributed by atoms with Gasteiger partial charge in [0.25, 0.3) is 0 Å². The number of hydrogen-bond acceptors (Lipinski definition) is 4. The molecule has 0 amide bonds. The second-order valence-corrected chi connectivity index (χ2v) is 4.22. The normalized spacial score (nSPS) is 10.9. The second kappa shape index (κ2) is 4.35. The minimum absolute atomic E-state index is 0.502. The van der Waals surface area contributed by atoms with Gasteiger partial charge in [-0.25, -0.2) is 9.97 Å². The fraction of sp³-hybridized carbons (Fsp3) is 0.333. The Morgan fingerprint density at radius 1 is 1.38 bits per heavy atom. The van der Waals surface area contributed by atoms with Crippen LogP contribution in [0.2, 0.25) is 0 Å². The van der Waals surface area contributed by atoms with Crippen LogP contribution in [-0.4, -0.2) is 9.97 Å². The molecule has 0 fully saturated rings. The maximum Gasteiger partial charge on any atom is 0.164 e. The summed E-state index contributed by atoms with van der Waals surface area (Å²) in [4.78, 5) is 8.66. The topological polar surface area (TPSA) is 64.9 Å². The van der Waals surface area contributed by atoms with Crippen molar-refractivity contribution in [3.8, 4) is 11.4 Å². The Labute approximate surface area is 94.5 Å². The molecule has 0 aliphatic rings. The minimum Gasteiger partial charge on any atom is -0.472 e. The van der Waals surface area contributed by atoms with Crippen molar-refractivity contribution in [3.05, 3.63) is 30.4 Å². The van der Waals surface area contributed by atoms with Gasteiger partial charge in [0, 0.05) is 11.8 Å². The minimum atomic E-state index is 0.502. The van der Waals surface area contributed by atoms with Gasteiger partial charge in [-0.1, -0.05) is 13.8 Å². The number of rotatable bonds is 3. The van der Waals surface area contributed by atoms with Crippen molar-refractivity contribution in [2.75, 3.05) is 5.73 Å². The molecule has 2 N–H and O–H groups in total. The molecule has 4 nitrogen and oxygen atoms in total. The van der Waals surface area contributed by atoms with Gasteiger partial charge in [0.15, 0.2) is 5.82 Å². The zero-order valence-corrected chi connectivity index (χ0v) is 9.47. The number of nitrogens with two attached hydrogens (primary N) is 1. The molecule has 2 aromatic heterocycles. The van der Waals surface area contributed by atoms with Crippen LogP contribution in [0.4, 0.5) is 5.82 Å². The first-order chi connectivity index (χ1) is 7.65. The van der Waals surface area contributed by atoms with Crippen molar-refractivity contribution >= 4 is 5.82 Å². The predicted molar refractivity (Wildman–Crippen MR) is 62.7 cm³/mol. The third-order valence-electron chi connectivity index (χ3n) is 2.20. The molecule has 0 bridgehead atoms. The van der Waals surface area contributed by atoms with Gasteiger partial charge in [-0.05, 0) is 18.4 Å². The standard InChI is InChI=1S/C12H15N3O/c1-8(2)5-10-6-11(13)15-12(14-10)9-3-4-16-7-9/h3-4,6-8H,5H2,1-2H3,(H2,13,14,15). The van der Waals surface area contributed by atoms with Gasteiger partial charge in [0.2, 0.25) is 0 Å². The smallest absolute Gasteiger partial charge is 0.164 e. The molecule has 0 unspecified atom stereocenters. The highest BCUT2D eigenvalue weighted by Gasteiger charge is 2.07. The van der Waals surface area contributed by atoms with E-state index >= 15 is 0 Å². The third kappa shape index (κ3) is 2.39. The lowest BCUT2D eigenvalue weighted by Crippen LogP contribution is -2.03. The van der Waals surface area contributed by atoms with Crippen LogP contribution in [0.15, 0.2) is 29.1 Å². The zero-order chi connectivity index (χ0) is 11.5. The number of hydrogen-bond donors (Lipinski definition) is 1. The number of furan rings is 1. The summed E-state index contributed by atoms with van der Waals surface area (Å²) in [6.07, 6.45) is 4.12. The van der Waals surface area contributed by atoms with Gasteiger partial charge in [-0.3, -0.25) is 0 Å².